The topological polar surface area (TPSA) is 106 Å². The van der Waals surface area contributed by atoms with Crippen LogP contribution < -0.4 is 15.0 Å². The molecule has 2 heterocycles. The molecule has 1 saturated heterocycles. The summed E-state index contributed by atoms with van der Waals surface area (Å²) in [5.41, 5.74) is -0.303. The molecule has 1 aromatic heterocycles. The van der Waals surface area contributed by atoms with Crippen LogP contribution in [0.2, 0.25) is 0 Å². The van der Waals surface area contributed by atoms with Crippen LogP contribution in [-0.2, 0) is 38.4 Å². The van der Waals surface area contributed by atoms with Crippen molar-refractivity contribution in [2.45, 2.75) is 31.9 Å². The molecule has 2 aromatic carbocycles. The highest BCUT2D eigenvalue weighted by Gasteiger charge is 2.33. The molecule has 1 aliphatic heterocycles. The van der Waals surface area contributed by atoms with Gasteiger partial charge < -0.3 is 15.0 Å². The Labute approximate surface area is 239 Å². The fourth-order valence-corrected chi connectivity index (χ4v) is 5.79. The van der Waals surface area contributed by atoms with Gasteiger partial charge in [0.25, 0.3) is 0 Å². The Morgan fingerprint density at radius 1 is 0.976 bits per heavy atom. The highest BCUT2D eigenvalue weighted by Crippen LogP contribution is 2.34. The number of benzene rings is 2. The Morgan fingerprint density at radius 3 is 2.36 bits per heavy atom. The van der Waals surface area contributed by atoms with Crippen LogP contribution >= 0.6 is 0 Å². The quantitative estimate of drug-likeness (QED) is 0.344. The van der Waals surface area contributed by atoms with Crippen LogP contribution in [0.15, 0.2) is 54.7 Å². The number of hydrogen-bond acceptors (Lipinski definition) is 7. The molecule has 0 unspecified atom stereocenters. The van der Waals surface area contributed by atoms with E-state index in [9.17, 15) is 35.6 Å². The first-order chi connectivity index (χ1) is 19.8. The van der Waals surface area contributed by atoms with Gasteiger partial charge in [-0.2, -0.15) is 13.2 Å². The van der Waals surface area contributed by atoms with E-state index in [-0.39, 0.29) is 77.8 Å². The number of nitrogens with zero attached hydrogens (tertiary/aromatic N) is 2. The number of rotatable bonds is 9. The summed E-state index contributed by atoms with van der Waals surface area (Å²) in [7, 11) is -3.23. The van der Waals surface area contributed by atoms with Crippen LogP contribution in [0.1, 0.15) is 29.5 Å². The molecule has 0 bridgehead atoms. The first kappa shape index (κ1) is 29.5. The summed E-state index contributed by atoms with van der Waals surface area (Å²) in [5, 5.41) is 2.68. The lowest BCUT2D eigenvalue weighted by atomic mass is 9.99. The van der Waals surface area contributed by atoms with E-state index in [0.29, 0.717) is 5.56 Å². The van der Waals surface area contributed by atoms with E-state index >= 15 is 0 Å². The summed E-state index contributed by atoms with van der Waals surface area (Å²) in [6.07, 6.45) is -2.14. The number of sulfone groups is 1. The normalized spacial score (nSPS) is 16.6. The first-order valence-electron chi connectivity index (χ1n) is 13.3. The van der Waals surface area contributed by atoms with E-state index in [1.807, 2.05) is 0 Å². The highest BCUT2D eigenvalue weighted by molar-refractivity contribution is 7.91. The number of amides is 1. The molecule has 42 heavy (non-hydrogen) atoms. The summed E-state index contributed by atoms with van der Waals surface area (Å²) < 4.78 is 84.7. The number of ketones is 1. The molecule has 1 N–H and O–H groups in total. The van der Waals surface area contributed by atoms with Crippen molar-refractivity contribution in [3.63, 3.8) is 0 Å². The van der Waals surface area contributed by atoms with E-state index in [1.54, 1.807) is 4.90 Å². The van der Waals surface area contributed by atoms with Crippen molar-refractivity contribution >= 4 is 33.0 Å². The summed E-state index contributed by atoms with van der Waals surface area (Å²) in [6, 6.07) is 10.2. The third kappa shape index (κ3) is 7.64. The Hall–Kier alpha value is -4.00. The number of ether oxygens (including phenoxy) is 1. The Balaban J connectivity index is 1.25. The molecular formula is C29H27F4N3O5S. The van der Waals surface area contributed by atoms with Gasteiger partial charge in [-0.05, 0) is 60.4 Å². The zero-order valence-corrected chi connectivity index (χ0v) is 23.1. The second-order valence-electron chi connectivity index (χ2n) is 10.4. The Bertz CT molecular complexity index is 1610. The number of aromatic nitrogens is 1. The summed E-state index contributed by atoms with van der Waals surface area (Å²) >= 11 is 0. The summed E-state index contributed by atoms with van der Waals surface area (Å²) in [6.45, 7) is 0.112. The molecule has 0 radical (unpaired) electrons. The van der Waals surface area contributed by atoms with Gasteiger partial charge in [0.1, 0.15) is 17.4 Å². The van der Waals surface area contributed by atoms with Gasteiger partial charge >= 0.3 is 6.18 Å². The molecule has 2 aliphatic rings. The van der Waals surface area contributed by atoms with E-state index in [0.717, 1.165) is 31.0 Å². The zero-order chi connectivity index (χ0) is 30.1. The molecule has 13 heteroatoms. The molecular weight excluding hydrogens is 578 g/mol. The molecule has 1 amide bonds. The van der Waals surface area contributed by atoms with Crippen LogP contribution in [0.5, 0.6) is 11.5 Å². The van der Waals surface area contributed by atoms with Crippen LogP contribution in [0, 0.1) is 11.7 Å². The van der Waals surface area contributed by atoms with Gasteiger partial charge in [0, 0.05) is 49.8 Å². The molecule has 2 fully saturated rings. The van der Waals surface area contributed by atoms with E-state index in [2.05, 4.69) is 10.3 Å². The van der Waals surface area contributed by atoms with Crippen molar-refractivity contribution in [3.8, 4) is 11.5 Å². The van der Waals surface area contributed by atoms with Gasteiger partial charge in [-0.3, -0.25) is 9.59 Å². The minimum absolute atomic E-state index is 0.0180. The van der Waals surface area contributed by atoms with Crippen LogP contribution in [0.25, 0.3) is 0 Å². The van der Waals surface area contributed by atoms with Crippen LogP contribution in [-0.4, -0.2) is 49.7 Å². The third-order valence-electron chi connectivity index (χ3n) is 6.97. The van der Waals surface area contributed by atoms with Gasteiger partial charge in [0.2, 0.25) is 5.91 Å². The number of nitrogens with one attached hydrogen (secondary N) is 1. The van der Waals surface area contributed by atoms with Crippen molar-refractivity contribution in [2.75, 3.05) is 34.8 Å². The molecule has 5 rings (SSSR count). The number of carbonyl (C=O) groups is 2. The van der Waals surface area contributed by atoms with Crippen LogP contribution in [0.4, 0.5) is 29.1 Å². The minimum Gasteiger partial charge on any atom is -0.454 e. The van der Waals surface area contributed by atoms with Gasteiger partial charge in [-0.1, -0.05) is 6.07 Å². The molecule has 1 saturated carbocycles. The van der Waals surface area contributed by atoms with E-state index in [4.69, 9.17) is 4.74 Å². The first-order valence-corrected chi connectivity index (χ1v) is 15.1. The lowest BCUT2D eigenvalue weighted by Crippen LogP contribution is -2.40. The smallest absolute Gasteiger partial charge is 0.416 e. The van der Waals surface area contributed by atoms with Crippen molar-refractivity contribution in [1.82, 2.24) is 4.98 Å². The maximum atomic E-state index is 14.8. The summed E-state index contributed by atoms with van der Waals surface area (Å²) in [5.74, 6) is -1.27. The second-order valence-corrected chi connectivity index (χ2v) is 12.7. The molecule has 1 aliphatic carbocycles. The van der Waals surface area contributed by atoms with Gasteiger partial charge in [-0.15, -0.1) is 0 Å². The largest absolute Gasteiger partial charge is 0.454 e. The zero-order valence-electron chi connectivity index (χ0n) is 22.3. The number of anilines is 2. The SMILES string of the molecule is O=C(Cc1cc(N2CCS(=O)(=O)CC2)cc(C(F)(F)F)c1)Cc1ccc(Oc2ccnc(NC(=O)C3CC3)c2)c(F)c1. The van der Waals surface area contributed by atoms with Gasteiger partial charge in [0.15, 0.2) is 21.4 Å². The Kier molecular flexibility index (Phi) is 8.22. The number of pyridine rings is 1. The summed E-state index contributed by atoms with van der Waals surface area (Å²) in [4.78, 5) is 30.4. The standard InChI is InChI=1S/C29H27F4N3O5S/c30-25-15-18(1-4-26(25)41-24-5-6-34-27(17-24)35-28(38)20-2-3-20)13-23(37)14-19-11-21(29(31,32)33)16-22(12-19)36-7-9-42(39,40)10-8-36/h1,4-6,11-12,15-17,20H,2-3,7-10,13-14H2,(H,34,35,38). The number of hydrogen-bond donors (Lipinski definition) is 1. The van der Waals surface area contributed by atoms with E-state index < -0.39 is 33.2 Å². The molecule has 0 atom stereocenters. The lowest BCUT2D eigenvalue weighted by molar-refractivity contribution is -0.137. The fourth-order valence-electron chi connectivity index (χ4n) is 4.59. The average molecular weight is 606 g/mol. The van der Waals surface area contributed by atoms with Crippen molar-refractivity contribution in [3.05, 3.63) is 77.2 Å². The molecule has 3 aromatic rings. The van der Waals surface area contributed by atoms with Crippen LogP contribution in [0.3, 0.4) is 0 Å². The predicted octanol–water partition coefficient (Wildman–Crippen LogP) is 4.97. The minimum atomic E-state index is -4.66. The number of halogens is 4. The second kappa shape index (κ2) is 11.7. The fraction of sp³-hybridized carbons (Fsp3) is 0.345. The van der Waals surface area contributed by atoms with Crippen molar-refractivity contribution in [2.24, 2.45) is 5.92 Å². The molecule has 8 nitrogen and oxygen atoms in total. The monoisotopic (exact) mass is 605 g/mol. The van der Waals surface area contributed by atoms with Crippen molar-refractivity contribution < 1.29 is 40.3 Å². The lowest BCUT2D eigenvalue weighted by Gasteiger charge is -2.29. The van der Waals surface area contributed by atoms with Crippen molar-refractivity contribution in [1.29, 1.82) is 0 Å². The number of carbonyl (C=O) groups excluding carboxylic acids is 2. The van der Waals surface area contributed by atoms with Gasteiger partial charge in [0.05, 0.1) is 17.1 Å². The van der Waals surface area contributed by atoms with E-state index in [1.165, 1.54) is 36.5 Å². The predicted molar refractivity (Wildman–Crippen MR) is 147 cm³/mol. The highest BCUT2D eigenvalue weighted by atomic mass is 32.2. The number of alkyl halides is 3. The average Bonchev–Trinajstić information content (AvgIpc) is 3.76. The molecule has 222 valence electrons. The third-order valence-corrected chi connectivity index (χ3v) is 8.58. The maximum Gasteiger partial charge on any atom is 0.416 e. The van der Waals surface area contributed by atoms with Gasteiger partial charge in [-0.25, -0.2) is 17.8 Å². The number of Topliss-reactive ketones (excluding diaryl/α,β-unsaturated/α-hetero) is 1. The molecule has 0 spiro atoms. The maximum absolute atomic E-state index is 14.8. The Morgan fingerprint density at radius 2 is 1.69 bits per heavy atom.